The van der Waals surface area contributed by atoms with Crippen molar-refractivity contribution in [2.75, 3.05) is 12.3 Å². The summed E-state index contributed by atoms with van der Waals surface area (Å²) in [5.41, 5.74) is 5.75. The van der Waals surface area contributed by atoms with Crippen molar-refractivity contribution < 1.29 is 13.5 Å². The third kappa shape index (κ3) is 3.42. The van der Waals surface area contributed by atoms with E-state index in [0.717, 1.165) is 0 Å². The number of nitriles is 1. The summed E-state index contributed by atoms with van der Waals surface area (Å²) in [5.74, 6) is 0. The minimum atomic E-state index is -3.80. The standard InChI is InChI=1S/C10H13N3O3S/c1-7(14)6-13-17(15,16)10-3-2-9(12)4-8(10)5-11/h2-4,7,13-14H,6,12H2,1H3. The highest BCUT2D eigenvalue weighted by Gasteiger charge is 2.18. The van der Waals surface area contributed by atoms with Gasteiger partial charge in [-0.3, -0.25) is 0 Å². The first-order valence-corrected chi connectivity index (χ1v) is 6.32. The van der Waals surface area contributed by atoms with Crippen LogP contribution in [0.15, 0.2) is 23.1 Å². The minimum absolute atomic E-state index is 0.0249. The highest BCUT2D eigenvalue weighted by molar-refractivity contribution is 7.89. The van der Waals surface area contributed by atoms with E-state index in [4.69, 9.17) is 16.1 Å². The number of nitrogens with one attached hydrogen (secondary N) is 1. The van der Waals surface area contributed by atoms with Crippen LogP contribution in [0.1, 0.15) is 12.5 Å². The lowest BCUT2D eigenvalue weighted by Gasteiger charge is -2.09. The fourth-order valence-corrected chi connectivity index (χ4v) is 2.43. The Balaban J connectivity index is 3.12. The van der Waals surface area contributed by atoms with Gasteiger partial charge in [0.05, 0.1) is 16.6 Å². The summed E-state index contributed by atoms with van der Waals surface area (Å²) in [7, 11) is -3.80. The van der Waals surface area contributed by atoms with Crippen LogP contribution in [0.4, 0.5) is 5.69 Å². The van der Waals surface area contributed by atoms with Crippen molar-refractivity contribution in [1.29, 1.82) is 5.26 Å². The number of anilines is 1. The first-order valence-electron chi connectivity index (χ1n) is 4.84. The van der Waals surface area contributed by atoms with E-state index >= 15 is 0 Å². The fraction of sp³-hybridized carbons (Fsp3) is 0.300. The van der Waals surface area contributed by atoms with E-state index < -0.39 is 16.1 Å². The van der Waals surface area contributed by atoms with E-state index in [9.17, 15) is 8.42 Å². The van der Waals surface area contributed by atoms with Gasteiger partial charge in [0.2, 0.25) is 10.0 Å². The number of hydrogen-bond donors (Lipinski definition) is 3. The second kappa shape index (κ2) is 5.14. The molecule has 17 heavy (non-hydrogen) atoms. The second-order valence-electron chi connectivity index (χ2n) is 3.57. The molecule has 0 amide bonds. The van der Waals surface area contributed by atoms with Crippen molar-refractivity contribution in [1.82, 2.24) is 4.72 Å². The number of hydrogen-bond acceptors (Lipinski definition) is 5. The van der Waals surface area contributed by atoms with E-state index in [1.54, 1.807) is 6.07 Å². The molecule has 0 saturated carbocycles. The van der Waals surface area contributed by atoms with Crippen LogP contribution in [0.25, 0.3) is 0 Å². The van der Waals surface area contributed by atoms with Crippen molar-refractivity contribution in [3.63, 3.8) is 0 Å². The maximum absolute atomic E-state index is 11.8. The Hall–Kier alpha value is -1.62. The zero-order valence-corrected chi connectivity index (χ0v) is 10.0. The van der Waals surface area contributed by atoms with Crippen molar-refractivity contribution >= 4 is 15.7 Å². The van der Waals surface area contributed by atoms with E-state index in [0.29, 0.717) is 5.69 Å². The molecule has 0 aliphatic heterocycles. The number of aliphatic hydroxyl groups is 1. The van der Waals surface area contributed by atoms with Gasteiger partial charge in [0.25, 0.3) is 0 Å². The summed E-state index contributed by atoms with van der Waals surface area (Å²) in [4.78, 5) is -0.144. The van der Waals surface area contributed by atoms with Crippen LogP contribution in [0.5, 0.6) is 0 Å². The van der Waals surface area contributed by atoms with Crippen LogP contribution in [-0.2, 0) is 10.0 Å². The van der Waals surface area contributed by atoms with Gasteiger partial charge in [-0.1, -0.05) is 0 Å². The molecule has 1 rings (SSSR count). The first-order chi connectivity index (χ1) is 7.86. The predicted octanol–water partition coefficient (Wildman–Crippen LogP) is -0.200. The summed E-state index contributed by atoms with van der Waals surface area (Å²) >= 11 is 0. The van der Waals surface area contributed by atoms with Gasteiger partial charge in [0, 0.05) is 12.2 Å². The fourth-order valence-electron chi connectivity index (χ4n) is 1.18. The highest BCUT2D eigenvalue weighted by atomic mass is 32.2. The molecule has 6 nitrogen and oxygen atoms in total. The number of sulfonamides is 1. The quantitative estimate of drug-likeness (QED) is 0.644. The molecule has 7 heteroatoms. The number of rotatable bonds is 4. The largest absolute Gasteiger partial charge is 0.399 e. The lowest BCUT2D eigenvalue weighted by molar-refractivity contribution is 0.198. The summed E-state index contributed by atoms with van der Waals surface area (Å²) < 4.78 is 25.8. The zero-order valence-electron chi connectivity index (χ0n) is 9.21. The Bertz CT molecular complexity index is 546. The normalized spacial score (nSPS) is 13.0. The SMILES string of the molecule is CC(O)CNS(=O)(=O)c1ccc(N)cc1C#N. The Kier molecular flexibility index (Phi) is 4.07. The molecule has 0 bridgehead atoms. The molecular weight excluding hydrogens is 242 g/mol. The van der Waals surface area contributed by atoms with Crippen LogP contribution in [-0.4, -0.2) is 26.2 Å². The van der Waals surface area contributed by atoms with Crippen molar-refractivity contribution in [2.45, 2.75) is 17.9 Å². The molecule has 4 N–H and O–H groups in total. The molecule has 0 aliphatic carbocycles. The van der Waals surface area contributed by atoms with Gasteiger partial charge in [0.15, 0.2) is 0 Å². The Morgan fingerprint density at radius 3 is 2.76 bits per heavy atom. The van der Waals surface area contributed by atoms with Gasteiger partial charge in [-0.25, -0.2) is 13.1 Å². The van der Waals surface area contributed by atoms with Crippen LogP contribution in [0, 0.1) is 11.3 Å². The lowest BCUT2D eigenvalue weighted by Crippen LogP contribution is -2.31. The number of nitrogens with two attached hydrogens (primary N) is 1. The van der Waals surface area contributed by atoms with Crippen LogP contribution >= 0.6 is 0 Å². The summed E-state index contributed by atoms with van der Waals surface area (Å²) in [6, 6.07) is 5.72. The molecule has 0 heterocycles. The predicted molar refractivity (Wildman–Crippen MR) is 62.4 cm³/mol. The highest BCUT2D eigenvalue weighted by Crippen LogP contribution is 2.17. The Morgan fingerprint density at radius 2 is 2.24 bits per heavy atom. The molecule has 1 unspecified atom stereocenters. The summed E-state index contributed by atoms with van der Waals surface area (Å²) in [6.45, 7) is 1.34. The molecule has 1 aromatic carbocycles. The molecule has 1 atom stereocenters. The van der Waals surface area contributed by atoms with Crippen LogP contribution in [0.2, 0.25) is 0 Å². The van der Waals surface area contributed by atoms with Gasteiger partial charge in [-0.15, -0.1) is 0 Å². The maximum atomic E-state index is 11.8. The average molecular weight is 255 g/mol. The summed E-state index contributed by atoms with van der Waals surface area (Å²) in [5, 5.41) is 17.9. The number of benzene rings is 1. The molecule has 0 aliphatic rings. The third-order valence-electron chi connectivity index (χ3n) is 1.98. The second-order valence-corrected chi connectivity index (χ2v) is 5.30. The molecule has 1 aromatic rings. The van der Waals surface area contributed by atoms with Crippen LogP contribution < -0.4 is 10.5 Å². The summed E-state index contributed by atoms with van der Waals surface area (Å²) in [6.07, 6.45) is -0.802. The smallest absolute Gasteiger partial charge is 0.241 e. The van der Waals surface area contributed by atoms with Gasteiger partial charge < -0.3 is 10.8 Å². The minimum Gasteiger partial charge on any atom is -0.399 e. The molecule has 0 fully saturated rings. The average Bonchev–Trinajstić information content (AvgIpc) is 2.26. The topological polar surface area (TPSA) is 116 Å². The number of aliphatic hydroxyl groups excluding tert-OH is 1. The maximum Gasteiger partial charge on any atom is 0.241 e. The van der Waals surface area contributed by atoms with E-state index in [-0.39, 0.29) is 17.0 Å². The monoisotopic (exact) mass is 255 g/mol. The lowest BCUT2D eigenvalue weighted by atomic mass is 10.2. The van der Waals surface area contributed by atoms with Gasteiger partial charge in [0.1, 0.15) is 6.07 Å². The van der Waals surface area contributed by atoms with E-state index in [2.05, 4.69) is 4.72 Å². The van der Waals surface area contributed by atoms with E-state index in [1.807, 2.05) is 0 Å². The van der Waals surface area contributed by atoms with Crippen LogP contribution in [0.3, 0.4) is 0 Å². The molecule has 0 radical (unpaired) electrons. The molecule has 0 saturated heterocycles. The Labute approximate surface area is 99.7 Å². The molecule has 0 aromatic heterocycles. The Morgan fingerprint density at radius 1 is 1.59 bits per heavy atom. The molecule has 92 valence electrons. The van der Waals surface area contributed by atoms with Crippen molar-refractivity contribution in [3.8, 4) is 6.07 Å². The third-order valence-corrected chi connectivity index (χ3v) is 3.46. The van der Waals surface area contributed by atoms with Crippen molar-refractivity contribution in [3.05, 3.63) is 23.8 Å². The molecule has 0 spiro atoms. The van der Waals surface area contributed by atoms with Crippen molar-refractivity contribution in [2.24, 2.45) is 0 Å². The van der Waals surface area contributed by atoms with E-state index in [1.165, 1.54) is 25.1 Å². The number of nitrogen functional groups attached to an aromatic ring is 1. The number of nitrogens with zero attached hydrogens (tertiary/aromatic N) is 1. The first kappa shape index (κ1) is 13.4. The zero-order chi connectivity index (χ0) is 13.1. The van der Waals surface area contributed by atoms with Gasteiger partial charge in [-0.05, 0) is 25.1 Å². The molecular formula is C10H13N3O3S. The van der Waals surface area contributed by atoms with Gasteiger partial charge >= 0.3 is 0 Å². The van der Waals surface area contributed by atoms with Gasteiger partial charge in [-0.2, -0.15) is 5.26 Å².